The molecule has 0 saturated carbocycles. The molecule has 5 N–H and O–H groups in total. The summed E-state index contributed by atoms with van der Waals surface area (Å²) in [5, 5.41) is 50.2. The molecule has 0 radical (unpaired) electrons. The number of carbonyl (C=O) groups is 1. The highest BCUT2D eigenvalue weighted by Crippen LogP contribution is 2.45. The number of aromatic hydroxyl groups is 3. The Labute approximate surface area is 199 Å². The van der Waals surface area contributed by atoms with Crippen molar-refractivity contribution in [3.63, 3.8) is 0 Å². The first-order valence-corrected chi connectivity index (χ1v) is 10.7. The van der Waals surface area contributed by atoms with Crippen LogP contribution in [0.15, 0.2) is 48.5 Å². The van der Waals surface area contributed by atoms with E-state index < -0.39 is 35.9 Å². The van der Waals surface area contributed by atoms with Crippen molar-refractivity contribution >= 4 is 5.78 Å². The van der Waals surface area contributed by atoms with E-state index in [1.807, 2.05) is 0 Å². The first-order valence-electron chi connectivity index (χ1n) is 10.7. The van der Waals surface area contributed by atoms with Crippen LogP contribution < -0.4 is 18.9 Å². The second-order valence-electron chi connectivity index (χ2n) is 8.20. The van der Waals surface area contributed by atoms with Gasteiger partial charge in [0, 0.05) is 17.7 Å². The van der Waals surface area contributed by atoms with Crippen LogP contribution in [-0.2, 0) is 0 Å². The van der Waals surface area contributed by atoms with E-state index in [4.69, 9.17) is 18.9 Å². The molecule has 182 valence electrons. The van der Waals surface area contributed by atoms with E-state index in [1.165, 1.54) is 19.2 Å². The first-order chi connectivity index (χ1) is 16.8. The van der Waals surface area contributed by atoms with Crippen molar-refractivity contribution in [1.29, 1.82) is 0 Å². The highest BCUT2D eigenvalue weighted by atomic mass is 16.6. The highest BCUT2D eigenvalue weighted by molar-refractivity contribution is 6.05. The largest absolute Gasteiger partial charge is 0.508 e. The number of fused-ring (bicyclic) bond motifs is 2. The molecule has 0 aromatic heterocycles. The normalized spacial score (nSPS) is 22.8. The molecule has 0 amide bonds. The zero-order valence-electron chi connectivity index (χ0n) is 18.4. The molecule has 0 bridgehead atoms. The van der Waals surface area contributed by atoms with Gasteiger partial charge in [-0.05, 0) is 29.8 Å². The minimum Gasteiger partial charge on any atom is -0.508 e. The fraction of sp³-hybridized carbons (Fsp3) is 0.240. The smallest absolute Gasteiger partial charge is 0.202 e. The predicted octanol–water partition coefficient (Wildman–Crippen LogP) is 2.36. The molecular weight excluding hydrogens is 460 g/mol. The maximum Gasteiger partial charge on any atom is 0.202 e. The molecule has 0 unspecified atom stereocenters. The van der Waals surface area contributed by atoms with Crippen molar-refractivity contribution in [3.05, 3.63) is 65.2 Å². The molecule has 3 aromatic rings. The van der Waals surface area contributed by atoms with Gasteiger partial charge in [-0.1, -0.05) is 12.1 Å². The molecule has 2 heterocycles. The van der Waals surface area contributed by atoms with Crippen LogP contribution in [-0.4, -0.2) is 57.2 Å². The summed E-state index contributed by atoms with van der Waals surface area (Å²) >= 11 is 0. The maximum absolute atomic E-state index is 12.7. The lowest BCUT2D eigenvalue weighted by Gasteiger charge is -2.35. The lowest BCUT2D eigenvalue weighted by atomic mass is 9.92. The number of ketones is 1. The summed E-state index contributed by atoms with van der Waals surface area (Å²) < 4.78 is 23.0. The van der Waals surface area contributed by atoms with Gasteiger partial charge in [0.15, 0.2) is 47.4 Å². The number of hydrogen-bond acceptors (Lipinski definition) is 10. The number of benzene rings is 3. The van der Waals surface area contributed by atoms with E-state index in [0.717, 1.165) is 6.07 Å². The number of carbonyl (C=O) groups excluding carboxylic acids is 1. The fourth-order valence-electron chi connectivity index (χ4n) is 4.28. The fourth-order valence-corrected chi connectivity index (χ4v) is 4.28. The van der Waals surface area contributed by atoms with Gasteiger partial charge in [0.2, 0.25) is 5.78 Å². The molecule has 35 heavy (non-hydrogen) atoms. The third-order valence-electron chi connectivity index (χ3n) is 6.00. The van der Waals surface area contributed by atoms with Crippen LogP contribution in [0.25, 0.3) is 0 Å². The van der Waals surface area contributed by atoms with Crippen LogP contribution in [0.2, 0.25) is 0 Å². The van der Waals surface area contributed by atoms with Gasteiger partial charge in [0.05, 0.1) is 13.7 Å². The van der Waals surface area contributed by atoms with Gasteiger partial charge in [-0.25, -0.2) is 0 Å². The zero-order valence-corrected chi connectivity index (χ0v) is 18.4. The number of rotatable bonds is 4. The van der Waals surface area contributed by atoms with Crippen LogP contribution in [0.3, 0.4) is 0 Å². The third-order valence-corrected chi connectivity index (χ3v) is 6.00. The molecule has 5 rings (SSSR count). The zero-order chi connectivity index (χ0) is 24.9. The third kappa shape index (κ3) is 3.82. The molecule has 4 atom stereocenters. The van der Waals surface area contributed by atoms with Gasteiger partial charge in [0.1, 0.15) is 22.8 Å². The average Bonchev–Trinajstić information content (AvgIpc) is 2.85. The van der Waals surface area contributed by atoms with Gasteiger partial charge in [-0.15, -0.1) is 0 Å². The van der Waals surface area contributed by atoms with Crippen molar-refractivity contribution in [3.8, 4) is 40.2 Å². The van der Waals surface area contributed by atoms with Crippen molar-refractivity contribution in [2.75, 3.05) is 13.7 Å². The number of methoxy groups -OCH3 is 1. The molecule has 10 heteroatoms. The lowest BCUT2D eigenvalue weighted by Crippen LogP contribution is -2.37. The Morgan fingerprint density at radius 2 is 1.54 bits per heavy atom. The molecule has 0 fully saturated rings. The predicted molar refractivity (Wildman–Crippen MR) is 119 cm³/mol. The molecule has 10 nitrogen and oxygen atoms in total. The first kappa shape index (κ1) is 22.6. The Morgan fingerprint density at radius 1 is 0.829 bits per heavy atom. The molecule has 0 aliphatic carbocycles. The number of Topliss-reactive ketones (excluding diaryl/α,β-unsaturated/α-hetero) is 1. The number of ether oxygens (including phenoxy) is 4. The Balaban J connectivity index is 1.49. The van der Waals surface area contributed by atoms with Crippen LogP contribution in [0.4, 0.5) is 0 Å². The summed E-state index contributed by atoms with van der Waals surface area (Å²) in [6.45, 7) is -0.349. The summed E-state index contributed by atoms with van der Waals surface area (Å²) in [6.07, 6.45) is -4.28. The summed E-state index contributed by atoms with van der Waals surface area (Å²) in [7, 11) is 1.41. The topological polar surface area (TPSA) is 155 Å². The minimum atomic E-state index is -1.62. The van der Waals surface area contributed by atoms with Crippen LogP contribution in [0.1, 0.15) is 33.7 Å². The van der Waals surface area contributed by atoms with E-state index in [0.29, 0.717) is 16.9 Å². The number of phenols is 3. The van der Waals surface area contributed by atoms with Crippen LogP contribution in [0.5, 0.6) is 40.2 Å². The Kier molecular flexibility index (Phi) is 5.54. The van der Waals surface area contributed by atoms with Gasteiger partial charge in [-0.3, -0.25) is 4.79 Å². The highest BCUT2D eigenvalue weighted by Gasteiger charge is 2.40. The van der Waals surface area contributed by atoms with Crippen molar-refractivity contribution < 1.29 is 49.3 Å². The van der Waals surface area contributed by atoms with E-state index in [9.17, 15) is 30.3 Å². The minimum absolute atomic E-state index is 0.0540. The number of aliphatic hydroxyl groups is 2. The summed E-state index contributed by atoms with van der Waals surface area (Å²) in [5.41, 5.74) is 0.751. The van der Waals surface area contributed by atoms with Crippen molar-refractivity contribution in [2.45, 2.75) is 24.4 Å². The van der Waals surface area contributed by atoms with E-state index >= 15 is 0 Å². The average molecular weight is 482 g/mol. The molecular formula is C25H22O10. The van der Waals surface area contributed by atoms with E-state index in [2.05, 4.69) is 0 Å². The maximum atomic E-state index is 12.7. The van der Waals surface area contributed by atoms with Gasteiger partial charge in [-0.2, -0.15) is 0 Å². The summed E-state index contributed by atoms with van der Waals surface area (Å²) in [5.74, 6) is -0.823. The van der Waals surface area contributed by atoms with Gasteiger partial charge >= 0.3 is 0 Å². The molecule has 0 spiro atoms. The molecule has 2 aliphatic rings. The van der Waals surface area contributed by atoms with Crippen LogP contribution in [0, 0.1) is 0 Å². The molecule has 3 aromatic carbocycles. The molecule has 0 saturated heterocycles. The number of aliphatic hydroxyl groups excluding tert-OH is 2. The van der Waals surface area contributed by atoms with Gasteiger partial charge in [0.25, 0.3) is 0 Å². The standard InChI is InChI=1S/C25H22O10/c1-32-17-6-11(2-4-14(17)28)24-20(10-26)33-16-5-3-12(7-18(16)34-24)25-23(31)22(30)21-15(29)8-13(27)9-19(21)35-25/h2-9,20,23-29,31H,10H2,1H3/t20-,23+,24-,25+/m0/s1. The quantitative estimate of drug-likeness (QED) is 0.374. The Hall–Kier alpha value is -4.15. The van der Waals surface area contributed by atoms with Crippen LogP contribution >= 0.6 is 0 Å². The SMILES string of the molecule is COc1cc([C@@H]2Oc3cc([C@H]4Oc5cc(O)cc(O)c5C(=O)[C@H]4O)ccc3O[C@H]2CO)ccc1O. The van der Waals surface area contributed by atoms with Crippen molar-refractivity contribution in [1.82, 2.24) is 0 Å². The summed E-state index contributed by atoms with van der Waals surface area (Å²) in [4.78, 5) is 12.7. The summed E-state index contributed by atoms with van der Waals surface area (Å²) in [6, 6.07) is 11.5. The number of hydrogen-bond donors (Lipinski definition) is 5. The lowest BCUT2D eigenvalue weighted by molar-refractivity contribution is -0.0130. The van der Waals surface area contributed by atoms with Gasteiger partial charge < -0.3 is 44.5 Å². The van der Waals surface area contributed by atoms with E-state index in [-0.39, 0.29) is 40.9 Å². The Bertz CT molecular complexity index is 1300. The monoisotopic (exact) mass is 482 g/mol. The van der Waals surface area contributed by atoms with E-state index in [1.54, 1.807) is 30.3 Å². The molecule has 2 aliphatic heterocycles. The van der Waals surface area contributed by atoms with Crippen molar-refractivity contribution in [2.24, 2.45) is 0 Å². The second-order valence-corrected chi connectivity index (χ2v) is 8.20. The number of phenolic OH excluding ortho intramolecular Hbond substituents is 3. The Morgan fingerprint density at radius 3 is 2.29 bits per heavy atom. The second kappa shape index (κ2) is 8.57.